The predicted octanol–water partition coefficient (Wildman–Crippen LogP) is 2.56. The van der Waals surface area contributed by atoms with Crippen LogP contribution in [0.3, 0.4) is 0 Å². The maximum atomic E-state index is 11.6. The van der Waals surface area contributed by atoms with Crippen molar-refractivity contribution in [3.63, 3.8) is 0 Å². The number of thiazole rings is 1. The van der Waals surface area contributed by atoms with E-state index in [2.05, 4.69) is 38.0 Å². The Kier molecular flexibility index (Phi) is 3.85. The maximum absolute atomic E-state index is 11.6. The van der Waals surface area contributed by atoms with E-state index in [1.165, 1.54) is 11.3 Å². The lowest BCUT2D eigenvalue weighted by Gasteiger charge is -2.29. The van der Waals surface area contributed by atoms with Gasteiger partial charge < -0.3 is 5.32 Å². The Bertz CT molecular complexity index is 317. The Morgan fingerprint density at radius 1 is 1.60 bits per heavy atom. The Hall–Kier alpha value is -0.900. The Labute approximate surface area is 94.9 Å². The molecule has 1 N–H and O–H groups in total. The number of nitrogens with one attached hydrogen (secondary N) is 1. The van der Waals surface area contributed by atoms with Crippen molar-refractivity contribution < 1.29 is 4.79 Å². The maximum Gasteiger partial charge on any atom is 0.270 e. The fourth-order valence-electron chi connectivity index (χ4n) is 0.927. The van der Waals surface area contributed by atoms with Crippen LogP contribution in [0.15, 0.2) is 10.9 Å². The first-order valence-electron chi connectivity index (χ1n) is 5.10. The van der Waals surface area contributed by atoms with Crippen molar-refractivity contribution in [3.8, 4) is 0 Å². The molecule has 15 heavy (non-hydrogen) atoms. The standard InChI is InChI=1S/C11H18N2OS/c1-8(2)11(3,4)6-12-10(14)9-5-15-7-13-9/h5,7-8H,6H2,1-4H3,(H,12,14). The molecule has 0 aliphatic carbocycles. The van der Waals surface area contributed by atoms with Crippen molar-refractivity contribution in [2.45, 2.75) is 27.7 Å². The number of carbonyl (C=O) groups excluding carboxylic acids is 1. The molecule has 1 rings (SSSR count). The summed E-state index contributed by atoms with van der Waals surface area (Å²) in [5, 5.41) is 4.67. The zero-order chi connectivity index (χ0) is 11.5. The van der Waals surface area contributed by atoms with Gasteiger partial charge in [-0.3, -0.25) is 4.79 Å². The zero-order valence-corrected chi connectivity index (χ0v) is 10.5. The van der Waals surface area contributed by atoms with Gasteiger partial charge in [-0.25, -0.2) is 4.98 Å². The van der Waals surface area contributed by atoms with E-state index in [1.807, 2.05) is 0 Å². The van der Waals surface area contributed by atoms with Crippen LogP contribution in [0.2, 0.25) is 0 Å². The number of nitrogens with zero attached hydrogens (tertiary/aromatic N) is 1. The molecule has 0 fully saturated rings. The molecule has 0 aliphatic rings. The molecule has 0 saturated carbocycles. The molecule has 0 aliphatic heterocycles. The molecule has 0 spiro atoms. The van der Waals surface area contributed by atoms with Crippen LogP contribution in [0.1, 0.15) is 38.2 Å². The van der Waals surface area contributed by atoms with Gasteiger partial charge in [0.05, 0.1) is 5.51 Å². The topological polar surface area (TPSA) is 42.0 Å². The van der Waals surface area contributed by atoms with Crippen LogP contribution in [-0.2, 0) is 0 Å². The summed E-state index contributed by atoms with van der Waals surface area (Å²) in [6.45, 7) is 9.31. The van der Waals surface area contributed by atoms with E-state index in [-0.39, 0.29) is 11.3 Å². The molecule has 0 atom stereocenters. The lowest BCUT2D eigenvalue weighted by Crippen LogP contribution is -2.37. The smallest absolute Gasteiger partial charge is 0.270 e. The average Bonchev–Trinajstić information content (AvgIpc) is 2.66. The predicted molar refractivity (Wildman–Crippen MR) is 63.1 cm³/mol. The summed E-state index contributed by atoms with van der Waals surface area (Å²) in [4.78, 5) is 15.6. The molecule has 0 unspecified atom stereocenters. The number of hydrogen-bond donors (Lipinski definition) is 1. The minimum Gasteiger partial charge on any atom is -0.350 e. The van der Waals surface area contributed by atoms with Gasteiger partial charge in [0.25, 0.3) is 5.91 Å². The van der Waals surface area contributed by atoms with Gasteiger partial charge >= 0.3 is 0 Å². The quantitative estimate of drug-likeness (QED) is 0.857. The molecule has 0 saturated heterocycles. The van der Waals surface area contributed by atoms with Gasteiger partial charge in [0, 0.05) is 11.9 Å². The lowest BCUT2D eigenvalue weighted by atomic mass is 9.81. The molecule has 3 nitrogen and oxygen atoms in total. The van der Waals surface area contributed by atoms with E-state index in [4.69, 9.17) is 0 Å². The molecule has 1 heterocycles. The number of aromatic nitrogens is 1. The molecule has 84 valence electrons. The molecule has 1 amide bonds. The average molecular weight is 226 g/mol. The highest BCUT2D eigenvalue weighted by molar-refractivity contribution is 7.07. The van der Waals surface area contributed by atoms with Crippen LogP contribution >= 0.6 is 11.3 Å². The van der Waals surface area contributed by atoms with E-state index >= 15 is 0 Å². The Morgan fingerprint density at radius 2 is 2.27 bits per heavy atom. The second-order valence-corrected chi connectivity index (χ2v) is 5.42. The second-order valence-electron chi connectivity index (χ2n) is 4.70. The summed E-state index contributed by atoms with van der Waals surface area (Å²) < 4.78 is 0. The van der Waals surface area contributed by atoms with Gasteiger partial charge in [0.15, 0.2) is 0 Å². The molecule has 4 heteroatoms. The van der Waals surface area contributed by atoms with E-state index < -0.39 is 0 Å². The van der Waals surface area contributed by atoms with Crippen LogP contribution < -0.4 is 5.32 Å². The molecule has 1 aromatic rings. The van der Waals surface area contributed by atoms with Crippen molar-refractivity contribution in [1.82, 2.24) is 10.3 Å². The summed E-state index contributed by atoms with van der Waals surface area (Å²) in [6.07, 6.45) is 0. The summed E-state index contributed by atoms with van der Waals surface area (Å²) in [5.74, 6) is 0.457. The van der Waals surface area contributed by atoms with E-state index in [0.717, 1.165) is 0 Å². The first-order chi connectivity index (χ1) is 6.93. The van der Waals surface area contributed by atoms with Crippen molar-refractivity contribution >= 4 is 17.2 Å². The van der Waals surface area contributed by atoms with Gasteiger partial charge in [0.1, 0.15) is 5.69 Å². The van der Waals surface area contributed by atoms with Crippen LogP contribution in [-0.4, -0.2) is 17.4 Å². The Balaban J connectivity index is 2.48. The van der Waals surface area contributed by atoms with E-state index in [1.54, 1.807) is 10.9 Å². The first kappa shape index (κ1) is 12.2. The lowest BCUT2D eigenvalue weighted by molar-refractivity contribution is 0.0920. The van der Waals surface area contributed by atoms with Crippen LogP contribution in [0, 0.1) is 11.3 Å². The van der Waals surface area contributed by atoms with E-state index in [9.17, 15) is 4.79 Å². The number of amides is 1. The summed E-state index contributed by atoms with van der Waals surface area (Å²) in [7, 11) is 0. The van der Waals surface area contributed by atoms with Gasteiger partial charge in [-0.15, -0.1) is 11.3 Å². The first-order valence-corrected chi connectivity index (χ1v) is 6.04. The van der Waals surface area contributed by atoms with Crippen molar-refractivity contribution in [2.75, 3.05) is 6.54 Å². The van der Waals surface area contributed by atoms with Crippen LogP contribution in [0.5, 0.6) is 0 Å². The highest BCUT2D eigenvalue weighted by Crippen LogP contribution is 2.24. The van der Waals surface area contributed by atoms with Gasteiger partial charge in [0.2, 0.25) is 0 Å². The molecule has 1 aromatic heterocycles. The SMILES string of the molecule is CC(C)C(C)(C)CNC(=O)c1cscn1. The molecular formula is C11H18N2OS. The number of rotatable bonds is 4. The summed E-state index contributed by atoms with van der Waals surface area (Å²) >= 11 is 1.44. The number of hydrogen-bond acceptors (Lipinski definition) is 3. The van der Waals surface area contributed by atoms with Gasteiger partial charge in [-0.2, -0.15) is 0 Å². The fourth-order valence-corrected chi connectivity index (χ4v) is 1.46. The highest BCUT2D eigenvalue weighted by atomic mass is 32.1. The monoisotopic (exact) mass is 226 g/mol. The summed E-state index contributed by atoms with van der Waals surface area (Å²) in [6, 6.07) is 0. The van der Waals surface area contributed by atoms with E-state index in [0.29, 0.717) is 18.2 Å². The molecular weight excluding hydrogens is 208 g/mol. The minimum atomic E-state index is -0.0787. The second kappa shape index (κ2) is 4.75. The normalized spacial score (nSPS) is 11.8. The number of carbonyl (C=O) groups is 1. The Morgan fingerprint density at radius 3 is 2.73 bits per heavy atom. The van der Waals surface area contributed by atoms with Crippen molar-refractivity contribution in [3.05, 3.63) is 16.6 Å². The third-order valence-electron chi connectivity index (χ3n) is 2.93. The zero-order valence-electron chi connectivity index (χ0n) is 9.70. The summed E-state index contributed by atoms with van der Waals surface area (Å²) in [5.41, 5.74) is 2.30. The largest absolute Gasteiger partial charge is 0.350 e. The van der Waals surface area contributed by atoms with Crippen LogP contribution in [0.4, 0.5) is 0 Å². The third kappa shape index (κ3) is 3.30. The van der Waals surface area contributed by atoms with Crippen molar-refractivity contribution in [2.24, 2.45) is 11.3 Å². The minimum absolute atomic E-state index is 0.0787. The van der Waals surface area contributed by atoms with Crippen molar-refractivity contribution in [1.29, 1.82) is 0 Å². The third-order valence-corrected chi connectivity index (χ3v) is 3.52. The molecule has 0 bridgehead atoms. The van der Waals surface area contributed by atoms with Gasteiger partial charge in [-0.1, -0.05) is 27.7 Å². The fraction of sp³-hybridized carbons (Fsp3) is 0.636. The van der Waals surface area contributed by atoms with Gasteiger partial charge in [-0.05, 0) is 11.3 Å². The van der Waals surface area contributed by atoms with Crippen LogP contribution in [0.25, 0.3) is 0 Å². The molecule has 0 radical (unpaired) electrons. The molecule has 0 aromatic carbocycles. The highest BCUT2D eigenvalue weighted by Gasteiger charge is 2.23.